The molecule has 0 aliphatic carbocycles. The van der Waals surface area contributed by atoms with E-state index < -0.39 is 5.79 Å². The Kier molecular flexibility index (Phi) is 6.14. The van der Waals surface area contributed by atoms with Gasteiger partial charge in [0.25, 0.3) is 0 Å². The van der Waals surface area contributed by atoms with E-state index in [4.69, 9.17) is 14.9 Å². The summed E-state index contributed by atoms with van der Waals surface area (Å²) in [6, 6.07) is 10.4. The fraction of sp³-hybridized carbons (Fsp3) is 0.625. The number of hydrogen-bond donors (Lipinski definition) is 3. The summed E-state index contributed by atoms with van der Waals surface area (Å²) in [5.74, 6) is -1.06. The number of ether oxygens (including phenoxy) is 1. The maximum absolute atomic E-state index is 9.35. The Morgan fingerprint density at radius 1 is 1.25 bits per heavy atom. The molecule has 0 spiro atoms. The Morgan fingerprint density at radius 3 is 2.30 bits per heavy atom. The van der Waals surface area contributed by atoms with Crippen molar-refractivity contribution in [3.63, 3.8) is 0 Å². The molecule has 1 aliphatic rings. The van der Waals surface area contributed by atoms with Crippen LogP contribution in [0.1, 0.15) is 32.8 Å². The van der Waals surface area contributed by atoms with Crippen LogP contribution in [0.25, 0.3) is 0 Å². The Hall–Kier alpha value is -0.940. The van der Waals surface area contributed by atoms with Gasteiger partial charge in [-0.3, -0.25) is 0 Å². The van der Waals surface area contributed by atoms with E-state index >= 15 is 0 Å². The van der Waals surface area contributed by atoms with Gasteiger partial charge in [-0.2, -0.15) is 0 Å². The van der Waals surface area contributed by atoms with Crippen LogP contribution in [-0.2, 0) is 11.2 Å². The first kappa shape index (κ1) is 17.1. The van der Waals surface area contributed by atoms with Gasteiger partial charge in [0.05, 0.1) is 12.2 Å². The predicted molar refractivity (Wildman–Crippen MR) is 78.2 cm³/mol. The highest BCUT2D eigenvalue weighted by molar-refractivity contribution is 5.16. The average molecular weight is 282 g/mol. The van der Waals surface area contributed by atoms with Crippen molar-refractivity contribution >= 4 is 0 Å². The molecule has 4 heteroatoms. The highest BCUT2D eigenvalue weighted by Crippen LogP contribution is 2.33. The number of hydrogen-bond acceptors (Lipinski definition) is 4. The Labute approximate surface area is 121 Å². The van der Waals surface area contributed by atoms with Crippen molar-refractivity contribution < 1.29 is 20.1 Å². The Bertz CT molecular complexity index is 379. The molecule has 2 atom stereocenters. The lowest BCUT2D eigenvalue weighted by Gasteiger charge is -2.28. The van der Waals surface area contributed by atoms with Crippen LogP contribution >= 0.6 is 0 Å². The van der Waals surface area contributed by atoms with Gasteiger partial charge in [0, 0.05) is 6.61 Å². The molecule has 1 aromatic rings. The van der Waals surface area contributed by atoms with Crippen LogP contribution in [0.4, 0.5) is 0 Å². The van der Waals surface area contributed by atoms with Crippen LogP contribution in [0.3, 0.4) is 0 Å². The van der Waals surface area contributed by atoms with E-state index in [0.717, 1.165) is 19.4 Å². The minimum absolute atomic E-state index is 0.116. The summed E-state index contributed by atoms with van der Waals surface area (Å²) in [7, 11) is 0. The molecule has 20 heavy (non-hydrogen) atoms. The summed E-state index contributed by atoms with van der Waals surface area (Å²) in [6.45, 7) is 5.49. The largest absolute Gasteiger partial charge is 0.393 e. The van der Waals surface area contributed by atoms with Gasteiger partial charge >= 0.3 is 0 Å². The van der Waals surface area contributed by atoms with Crippen LogP contribution < -0.4 is 0 Å². The van der Waals surface area contributed by atoms with Gasteiger partial charge in [-0.1, -0.05) is 30.3 Å². The molecule has 3 N–H and O–H groups in total. The quantitative estimate of drug-likeness (QED) is 0.738. The average Bonchev–Trinajstić information content (AvgIpc) is 2.71. The van der Waals surface area contributed by atoms with Crippen LogP contribution in [0.2, 0.25) is 0 Å². The van der Waals surface area contributed by atoms with Gasteiger partial charge in [-0.05, 0) is 45.1 Å². The molecule has 0 saturated carbocycles. The summed E-state index contributed by atoms with van der Waals surface area (Å²) >= 11 is 0. The molecule has 4 nitrogen and oxygen atoms in total. The van der Waals surface area contributed by atoms with Crippen molar-refractivity contribution in [1.29, 1.82) is 0 Å². The second-order valence-electron chi connectivity index (χ2n) is 5.99. The van der Waals surface area contributed by atoms with Crippen molar-refractivity contribution in [2.75, 3.05) is 13.2 Å². The molecule has 114 valence electrons. The molecule has 2 rings (SSSR count). The zero-order valence-electron chi connectivity index (χ0n) is 12.5. The molecule has 0 bridgehead atoms. The molecular formula is C16H26O4. The molecule has 1 heterocycles. The van der Waals surface area contributed by atoms with E-state index in [1.54, 1.807) is 0 Å². The molecule has 2 unspecified atom stereocenters. The molecule has 1 saturated heterocycles. The van der Waals surface area contributed by atoms with Gasteiger partial charge in [-0.15, -0.1) is 0 Å². The highest BCUT2D eigenvalue weighted by atomic mass is 16.5. The third kappa shape index (κ3) is 6.01. The normalized spacial score (nSPS) is 26.0. The topological polar surface area (TPSA) is 69.9 Å². The Balaban J connectivity index is 0.000000347. The van der Waals surface area contributed by atoms with Crippen molar-refractivity contribution in [3.8, 4) is 0 Å². The molecular weight excluding hydrogens is 256 g/mol. The lowest BCUT2D eigenvalue weighted by Crippen LogP contribution is -2.36. The first-order valence-corrected chi connectivity index (χ1v) is 6.98. The fourth-order valence-corrected chi connectivity index (χ4v) is 2.25. The maximum Gasteiger partial charge on any atom is 0.156 e. The summed E-state index contributed by atoms with van der Waals surface area (Å²) in [5, 5.41) is 25.5. The standard InChI is InChI=1S/C13H18O2.C3H8O2/c1-13(10-14)12(7-8-15-13)9-11-5-3-2-4-6-11;1-3(2,4)5/h2-6,12,14H,7-10H2,1H3;4-5H,1-2H3. The third-order valence-electron chi connectivity index (χ3n) is 3.40. The summed E-state index contributed by atoms with van der Waals surface area (Å²) in [4.78, 5) is 0. The van der Waals surface area contributed by atoms with Gasteiger partial charge in [0.15, 0.2) is 5.79 Å². The van der Waals surface area contributed by atoms with E-state index in [1.807, 2.05) is 13.0 Å². The van der Waals surface area contributed by atoms with Crippen molar-refractivity contribution in [3.05, 3.63) is 35.9 Å². The summed E-state index contributed by atoms with van der Waals surface area (Å²) in [5.41, 5.74) is 0.989. The molecule has 0 amide bonds. The molecule has 0 radical (unpaired) electrons. The monoisotopic (exact) mass is 282 g/mol. The number of benzene rings is 1. The smallest absolute Gasteiger partial charge is 0.156 e. The minimum Gasteiger partial charge on any atom is -0.393 e. The maximum atomic E-state index is 9.35. The SMILES string of the molecule is CC(C)(O)O.CC1(CO)OCCC1Cc1ccccc1. The second-order valence-corrected chi connectivity index (χ2v) is 5.99. The van der Waals surface area contributed by atoms with Gasteiger partial charge in [0.2, 0.25) is 0 Å². The molecule has 1 aliphatic heterocycles. The number of aliphatic hydroxyl groups is 3. The van der Waals surface area contributed by atoms with E-state index in [2.05, 4.69) is 24.3 Å². The van der Waals surface area contributed by atoms with Crippen LogP contribution in [-0.4, -0.2) is 39.9 Å². The van der Waals surface area contributed by atoms with Crippen LogP contribution in [0, 0.1) is 5.92 Å². The second kappa shape index (κ2) is 7.18. The lowest BCUT2D eigenvalue weighted by atomic mass is 9.84. The first-order valence-electron chi connectivity index (χ1n) is 6.98. The van der Waals surface area contributed by atoms with Gasteiger partial charge < -0.3 is 20.1 Å². The fourth-order valence-electron chi connectivity index (χ4n) is 2.25. The highest BCUT2D eigenvalue weighted by Gasteiger charge is 2.39. The Morgan fingerprint density at radius 2 is 1.80 bits per heavy atom. The van der Waals surface area contributed by atoms with Gasteiger partial charge in [0.1, 0.15) is 0 Å². The number of aliphatic hydroxyl groups excluding tert-OH is 1. The van der Waals surface area contributed by atoms with E-state index in [1.165, 1.54) is 19.4 Å². The zero-order valence-corrected chi connectivity index (χ0v) is 12.5. The molecule has 0 aromatic heterocycles. The molecule has 1 aromatic carbocycles. The van der Waals surface area contributed by atoms with E-state index in [9.17, 15) is 5.11 Å². The third-order valence-corrected chi connectivity index (χ3v) is 3.40. The van der Waals surface area contributed by atoms with Crippen molar-refractivity contribution in [2.45, 2.75) is 45.0 Å². The van der Waals surface area contributed by atoms with Crippen LogP contribution in [0.5, 0.6) is 0 Å². The number of rotatable bonds is 3. The summed E-state index contributed by atoms with van der Waals surface area (Å²) in [6.07, 6.45) is 2.05. The van der Waals surface area contributed by atoms with Gasteiger partial charge in [-0.25, -0.2) is 0 Å². The first-order chi connectivity index (χ1) is 9.24. The zero-order chi connectivity index (χ0) is 15.2. The predicted octanol–water partition coefficient (Wildman–Crippen LogP) is 1.72. The van der Waals surface area contributed by atoms with E-state index in [0.29, 0.717) is 5.92 Å². The lowest BCUT2D eigenvalue weighted by molar-refractivity contribution is -0.127. The van der Waals surface area contributed by atoms with Crippen LogP contribution in [0.15, 0.2) is 30.3 Å². The van der Waals surface area contributed by atoms with Crippen molar-refractivity contribution in [1.82, 2.24) is 0 Å². The van der Waals surface area contributed by atoms with E-state index in [-0.39, 0.29) is 12.2 Å². The summed E-state index contributed by atoms with van der Waals surface area (Å²) < 4.78 is 5.62. The molecule has 1 fully saturated rings. The van der Waals surface area contributed by atoms with Crippen molar-refractivity contribution in [2.24, 2.45) is 5.92 Å². The minimum atomic E-state index is -1.50.